The van der Waals surface area contributed by atoms with E-state index in [0.717, 1.165) is 11.5 Å². The van der Waals surface area contributed by atoms with Crippen molar-refractivity contribution in [2.45, 2.75) is 32.4 Å². The van der Waals surface area contributed by atoms with Gasteiger partial charge in [-0.1, -0.05) is 13.0 Å². The van der Waals surface area contributed by atoms with Gasteiger partial charge in [-0.25, -0.2) is 0 Å². The van der Waals surface area contributed by atoms with Crippen LogP contribution in [0.2, 0.25) is 0 Å². The minimum absolute atomic E-state index is 0.0450. The van der Waals surface area contributed by atoms with Crippen LogP contribution in [0.4, 0.5) is 0 Å². The predicted molar refractivity (Wildman–Crippen MR) is 82.4 cm³/mol. The van der Waals surface area contributed by atoms with Gasteiger partial charge >= 0.3 is 0 Å². The average Bonchev–Trinajstić information content (AvgIpc) is 3.04. The second kappa shape index (κ2) is 5.83. The van der Waals surface area contributed by atoms with Crippen molar-refractivity contribution in [3.05, 3.63) is 58.4 Å². The standard InChI is InChI=1S/C17H20N2O3/c1-12-9-14(12)15-7-6-13(22-15)10-18(2)17(21)11-19-8-4-3-5-16(19)20/h3-8,12,14H,9-11H2,1-2H3/t12-,14+/m0/s1. The Morgan fingerprint density at radius 3 is 2.82 bits per heavy atom. The molecule has 0 aromatic carbocycles. The Morgan fingerprint density at radius 1 is 1.36 bits per heavy atom. The molecule has 3 rings (SSSR count). The van der Waals surface area contributed by atoms with Gasteiger partial charge in [0.15, 0.2) is 0 Å². The van der Waals surface area contributed by atoms with Gasteiger partial charge in [0.25, 0.3) is 5.56 Å². The fourth-order valence-electron chi connectivity index (χ4n) is 2.58. The molecule has 0 radical (unpaired) electrons. The molecule has 2 atom stereocenters. The van der Waals surface area contributed by atoms with Gasteiger partial charge in [-0.05, 0) is 30.5 Å². The second-order valence-corrected chi connectivity index (χ2v) is 6.04. The molecule has 2 aromatic heterocycles. The lowest BCUT2D eigenvalue weighted by atomic mass is 10.3. The predicted octanol–water partition coefficient (Wildman–Crippen LogP) is 2.22. The molecular formula is C17H20N2O3. The van der Waals surface area contributed by atoms with Gasteiger partial charge in [0.05, 0.1) is 6.54 Å². The first-order valence-corrected chi connectivity index (χ1v) is 7.52. The molecule has 2 aromatic rings. The zero-order valence-corrected chi connectivity index (χ0v) is 12.9. The van der Waals surface area contributed by atoms with Crippen molar-refractivity contribution in [1.29, 1.82) is 0 Å². The maximum absolute atomic E-state index is 12.2. The number of hydrogen-bond acceptors (Lipinski definition) is 3. The van der Waals surface area contributed by atoms with Gasteiger partial charge < -0.3 is 13.9 Å². The number of likely N-dealkylation sites (N-methyl/N-ethyl adjacent to an activating group) is 1. The van der Waals surface area contributed by atoms with Crippen molar-refractivity contribution in [3.8, 4) is 0 Å². The highest BCUT2D eigenvalue weighted by Crippen LogP contribution is 2.47. The molecule has 0 bridgehead atoms. The van der Waals surface area contributed by atoms with Crippen molar-refractivity contribution >= 4 is 5.91 Å². The molecule has 0 aliphatic heterocycles. The lowest BCUT2D eigenvalue weighted by Crippen LogP contribution is -2.33. The van der Waals surface area contributed by atoms with E-state index in [1.54, 1.807) is 30.3 Å². The van der Waals surface area contributed by atoms with Gasteiger partial charge in [0, 0.05) is 25.2 Å². The van der Waals surface area contributed by atoms with Crippen LogP contribution in [-0.2, 0) is 17.9 Å². The maximum Gasteiger partial charge on any atom is 0.250 e. The molecule has 0 N–H and O–H groups in total. The van der Waals surface area contributed by atoms with Crippen molar-refractivity contribution < 1.29 is 9.21 Å². The number of nitrogens with zero attached hydrogens (tertiary/aromatic N) is 2. The Bertz CT molecular complexity index is 731. The fourth-order valence-corrected chi connectivity index (χ4v) is 2.58. The summed E-state index contributed by atoms with van der Waals surface area (Å²) in [6, 6.07) is 8.78. The minimum atomic E-state index is -0.174. The fraction of sp³-hybridized carbons (Fsp3) is 0.412. The molecule has 1 aliphatic carbocycles. The molecule has 1 fully saturated rings. The Balaban J connectivity index is 1.60. The first-order valence-electron chi connectivity index (χ1n) is 7.52. The summed E-state index contributed by atoms with van der Waals surface area (Å²) in [6.07, 6.45) is 2.80. The second-order valence-electron chi connectivity index (χ2n) is 6.04. The summed E-state index contributed by atoms with van der Waals surface area (Å²) >= 11 is 0. The minimum Gasteiger partial charge on any atom is -0.464 e. The summed E-state index contributed by atoms with van der Waals surface area (Å²) in [5.74, 6) is 2.92. The number of furan rings is 1. The molecule has 2 heterocycles. The molecule has 0 unspecified atom stereocenters. The van der Waals surface area contributed by atoms with Gasteiger partial charge in [-0.15, -0.1) is 0 Å². The third-order valence-electron chi connectivity index (χ3n) is 4.18. The van der Waals surface area contributed by atoms with Gasteiger partial charge in [-0.3, -0.25) is 9.59 Å². The van der Waals surface area contributed by atoms with Crippen LogP contribution >= 0.6 is 0 Å². The lowest BCUT2D eigenvalue weighted by Gasteiger charge is -2.16. The van der Waals surface area contributed by atoms with Crippen LogP contribution in [0.5, 0.6) is 0 Å². The van der Waals surface area contributed by atoms with E-state index in [-0.39, 0.29) is 18.0 Å². The lowest BCUT2D eigenvalue weighted by molar-refractivity contribution is -0.131. The Labute approximate surface area is 129 Å². The van der Waals surface area contributed by atoms with E-state index in [4.69, 9.17) is 4.42 Å². The van der Waals surface area contributed by atoms with Crippen molar-refractivity contribution in [1.82, 2.24) is 9.47 Å². The quantitative estimate of drug-likeness (QED) is 0.851. The zero-order valence-electron chi connectivity index (χ0n) is 12.9. The van der Waals surface area contributed by atoms with Crippen LogP contribution in [-0.4, -0.2) is 22.4 Å². The van der Waals surface area contributed by atoms with Crippen LogP contribution in [0.25, 0.3) is 0 Å². The van der Waals surface area contributed by atoms with Crippen LogP contribution in [0.15, 0.2) is 45.7 Å². The van der Waals surface area contributed by atoms with E-state index in [9.17, 15) is 9.59 Å². The smallest absolute Gasteiger partial charge is 0.250 e. The van der Waals surface area contributed by atoms with Gasteiger partial charge in [-0.2, -0.15) is 0 Å². The molecule has 0 spiro atoms. The molecule has 1 amide bonds. The van der Waals surface area contributed by atoms with E-state index in [1.165, 1.54) is 17.1 Å². The van der Waals surface area contributed by atoms with E-state index in [0.29, 0.717) is 18.4 Å². The highest BCUT2D eigenvalue weighted by atomic mass is 16.3. The number of rotatable bonds is 5. The summed E-state index contributed by atoms with van der Waals surface area (Å²) in [7, 11) is 1.72. The van der Waals surface area contributed by atoms with Crippen LogP contribution in [0.1, 0.15) is 30.8 Å². The topological polar surface area (TPSA) is 55.5 Å². The van der Waals surface area contributed by atoms with Crippen LogP contribution < -0.4 is 5.56 Å². The number of pyridine rings is 1. The summed E-state index contributed by atoms with van der Waals surface area (Å²) in [4.78, 5) is 25.4. The third-order valence-corrected chi connectivity index (χ3v) is 4.18. The summed E-state index contributed by atoms with van der Waals surface area (Å²) in [6.45, 7) is 2.67. The van der Waals surface area contributed by atoms with E-state index in [1.807, 2.05) is 12.1 Å². The Hall–Kier alpha value is -2.30. The number of amides is 1. The first-order chi connectivity index (χ1) is 10.5. The molecule has 5 heteroatoms. The molecule has 5 nitrogen and oxygen atoms in total. The van der Waals surface area contributed by atoms with E-state index in [2.05, 4.69) is 6.92 Å². The number of aromatic nitrogens is 1. The summed E-state index contributed by atoms with van der Waals surface area (Å²) in [5, 5.41) is 0. The molecule has 22 heavy (non-hydrogen) atoms. The summed E-state index contributed by atoms with van der Waals surface area (Å²) in [5.41, 5.74) is -0.174. The molecular weight excluding hydrogens is 280 g/mol. The van der Waals surface area contributed by atoms with Crippen molar-refractivity contribution in [2.24, 2.45) is 5.92 Å². The Morgan fingerprint density at radius 2 is 2.14 bits per heavy atom. The normalized spacial score (nSPS) is 19.9. The van der Waals surface area contributed by atoms with Crippen molar-refractivity contribution in [3.63, 3.8) is 0 Å². The molecule has 1 saturated carbocycles. The first kappa shape index (κ1) is 14.6. The number of hydrogen-bond donors (Lipinski definition) is 0. The van der Waals surface area contributed by atoms with Crippen molar-refractivity contribution in [2.75, 3.05) is 7.05 Å². The molecule has 0 saturated heterocycles. The summed E-state index contributed by atoms with van der Waals surface area (Å²) < 4.78 is 7.21. The van der Waals surface area contributed by atoms with Gasteiger partial charge in [0.1, 0.15) is 18.1 Å². The SMILES string of the molecule is C[C@H]1C[C@H]1c1ccc(CN(C)C(=O)Cn2ccccc2=O)o1. The molecule has 116 valence electrons. The number of carbonyl (C=O) groups is 1. The molecule has 1 aliphatic rings. The Kier molecular flexibility index (Phi) is 3.88. The highest BCUT2D eigenvalue weighted by molar-refractivity contribution is 5.75. The monoisotopic (exact) mass is 300 g/mol. The van der Waals surface area contributed by atoms with E-state index >= 15 is 0 Å². The van der Waals surface area contributed by atoms with E-state index < -0.39 is 0 Å². The van der Waals surface area contributed by atoms with Crippen LogP contribution in [0.3, 0.4) is 0 Å². The largest absolute Gasteiger partial charge is 0.464 e. The third kappa shape index (κ3) is 3.13. The zero-order chi connectivity index (χ0) is 15.7. The highest BCUT2D eigenvalue weighted by Gasteiger charge is 2.36. The average molecular weight is 300 g/mol. The maximum atomic E-state index is 12.2. The number of carbonyl (C=O) groups excluding carboxylic acids is 1. The van der Waals surface area contributed by atoms with Crippen LogP contribution in [0, 0.1) is 5.92 Å². The van der Waals surface area contributed by atoms with Gasteiger partial charge in [0.2, 0.25) is 5.91 Å².